The Kier molecular flexibility index (Phi) is 4.00. The fourth-order valence-electron chi connectivity index (χ4n) is 3.03. The molecule has 3 rings (SSSR count). The molecule has 22 heavy (non-hydrogen) atoms. The maximum absolute atomic E-state index is 14.5. The first-order valence-electron chi connectivity index (χ1n) is 7.28. The predicted molar refractivity (Wildman–Crippen MR) is 91.8 cm³/mol. The Morgan fingerprint density at radius 1 is 1.27 bits per heavy atom. The Morgan fingerprint density at radius 2 is 2.09 bits per heavy atom. The van der Waals surface area contributed by atoms with Crippen LogP contribution in [0.5, 0.6) is 0 Å². The molecule has 2 heterocycles. The summed E-state index contributed by atoms with van der Waals surface area (Å²) in [5.74, 6) is 0.732. The molecule has 5 heteroatoms. The first kappa shape index (κ1) is 15.2. The molecule has 0 radical (unpaired) electrons. The van der Waals surface area contributed by atoms with Crippen molar-refractivity contribution in [3.8, 4) is 0 Å². The van der Waals surface area contributed by atoms with Crippen molar-refractivity contribution in [1.29, 1.82) is 0 Å². The van der Waals surface area contributed by atoms with Gasteiger partial charge in [-0.25, -0.2) is 4.39 Å². The Bertz CT molecular complexity index is 660. The minimum atomic E-state index is -0.206. The lowest BCUT2D eigenvalue weighted by Gasteiger charge is -2.43. The lowest BCUT2D eigenvalue weighted by molar-refractivity contribution is 0.494. The topological polar surface area (TPSA) is 19.4 Å². The van der Waals surface area contributed by atoms with Crippen molar-refractivity contribution in [2.45, 2.75) is 25.9 Å². The highest BCUT2D eigenvalue weighted by Gasteiger charge is 2.39. The first-order chi connectivity index (χ1) is 10.5. The quantitative estimate of drug-likeness (QED) is 0.845. The van der Waals surface area contributed by atoms with Gasteiger partial charge in [0.15, 0.2) is 0 Å². The summed E-state index contributed by atoms with van der Waals surface area (Å²) in [6.07, 6.45) is 5.66. The highest BCUT2D eigenvalue weighted by atomic mass is 32.2. The van der Waals surface area contributed by atoms with Crippen LogP contribution < -0.4 is 10.0 Å². The number of hydrogen-bond donors (Lipinski definition) is 0. The normalized spacial score (nSPS) is 14.4. The second-order valence-corrected chi connectivity index (χ2v) is 6.94. The molecule has 2 aromatic rings. The van der Waals surface area contributed by atoms with E-state index in [-0.39, 0.29) is 11.4 Å². The van der Waals surface area contributed by atoms with Crippen LogP contribution in [0.15, 0.2) is 42.7 Å². The van der Waals surface area contributed by atoms with Crippen LogP contribution >= 0.6 is 11.8 Å². The van der Waals surface area contributed by atoms with Crippen molar-refractivity contribution in [3.05, 3.63) is 54.1 Å². The molecule has 1 aliphatic heterocycles. The van der Waals surface area contributed by atoms with Crippen LogP contribution in [-0.2, 0) is 6.54 Å². The molecule has 0 spiro atoms. The van der Waals surface area contributed by atoms with E-state index < -0.39 is 0 Å². The van der Waals surface area contributed by atoms with Crippen molar-refractivity contribution in [2.75, 3.05) is 22.0 Å². The van der Waals surface area contributed by atoms with Gasteiger partial charge >= 0.3 is 0 Å². The van der Waals surface area contributed by atoms with Gasteiger partial charge in [-0.15, -0.1) is 0 Å². The van der Waals surface area contributed by atoms with Crippen molar-refractivity contribution in [2.24, 2.45) is 0 Å². The molecule has 3 nitrogen and oxygen atoms in total. The van der Waals surface area contributed by atoms with E-state index in [2.05, 4.69) is 35.1 Å². The molecule has 0 atom stereocenters. The monoisotopic (exact) mass is 317 g/mol. The fourth-order valence-corrected chi connectivity index (χ4v) is 3.86. The lowest BCUT2D eigenvalue weighted by atomic mass is 10.1. The maximum Gasteiger partial charge on any atom is 0.148 e. The van der Waals surface area contributed by atoms with E-state index in [1.165, 1.54) is 6.07 Å². The molecular weight excluding hydrogens is 297 g/mol. The maximum atomic E-state index is 14.5. The van der Waals surface area contributed by atoms with Gasteiger partial charge in [0, 0.05) is 17.5 Å². The van der Waals surface area contributed by atoms with Crippen LogP contribution in [0.1, 0.15) is 19.4 Å². The van der Waals surface area contributed by atoms with Crippen LogP contribution in [0.25, 0.3) is 0 Å². The molecule has 116 valence electrons. The van der Waals surface area contributed by atoms with E-state index in [0.717, 1.165) is 17.0 Å². The summed E-state index contributed by atoms with van der Waals surface area (Å²) in [5, 5.41) is 4.21. The average Bonchev–Trinajstić information content (AvgIpc) is 2.90. The Hall–Kier alpha value is -1.75. The molecule has 1 aliphatic rings. The Labute approximate surface area is 135 Å². The Balaban J connectivity index is 2.11. The molecule has 0 unspecified atom stereocenters. The van der Waals surface area contributed by atoms with Gasteiger partial charge in [-0.3, -0.25) is 15.0 Å². The zero-order valence-corrected chi connectivity index (χ0v) is 13.9. The third-order valence-electron chi connectivity index (χ3n) is 3.86. The second kappa shape index (κ2) is 5.80. The van der Waals surface area contributed by atoms with Crippen LogP contribution in [-0.4, -0.2) is 22.5 Å². The largest absolute Gasteiger partial charge is 0.279 e. The van der Waals surface area contributed by atoms with Crippen LogP contribution in [0, 0.1) is 5.82 Å². The van der Waals surface area contributed by atoms with E-state index in [9.17, 15) is 4.39 Å². The molecule has 0 saturated carbocycles. The molecule has 0 amide bonds. The third kappa shape index (κ3) is 2.54. The number of hydrogen-bond acceptors (Lipinski definition) is 4. The number of nitrogens with zero attached hydrogens (tertiary/aromatic N) is 3. The van der Waals surface area contributed by atoms with Crippen molar-refractivity contribution >= 4 is 23.1 Å². The standard InChI is InChI=1S/C17H20FN3S/c1-17(2,12-22-3)21-16-13(6-4-8-15(16)18)11-20(21)14-7-5-9-19-10-14/h4-10H,11-12H2,1-3H3. The molecular formula is C17H20FN3S. The van der Waals surface area contributed by atoms with Gasteiger partial charge in [0.05, 0.1) is 29.7 Å². The molecule has 0 fully saturated rings. The minimum absolute atomic E-state index is 0.168. The number of benzene rings is 1. The molecule has 0 N–H and O–H groups in total. The SMILES string of the molecule is CSCC(C)(C)N1c2c(F)cccc2CN1c1cccnc1. The van der Waals surface area contributed by atoms with Gasteiger partial charge < -0.3 is 0 Å². The highest BCUT2D eigenvalue weighted by molar-refractivity contribution is 7.98. The highest BCUT2D eigenvalue weighted by Crippen LogP contribution is 2.41. The number of pyridine rings is 1. The zero-order valence-electron chi connectivity index (χ0n) is 13.1. The van der Waals surface area contributed by atoms with Crippen molar-refractivity contribution in [1.82, 2.24) is 4.98 Å². The molecule has 0 aliphatic carbocycles. The summed E-state index contributed by atoms with van der Waals surface area (Å²) in [6, 6.07) is 9.23. The Morgan fingerprint density at radius 3 is 2.77 bits per heavy atom. The van der Waals surface area contributed by atoms with Crippen LogP contribution in [0.4, 0.5) is 15.8 Å². The van der Waals surface area contributed by atoms with E-state index >= 15 is 0 Å². The number of aromatic nitrogens is 1. The van der Waals surface area contributed by atoms with E-state index in [0.29, 0.717) is 12.2 Å². The van der Waals surface area contributed by atoms with Gasteiger partial charge in [-0.05, 0) is 38.3 Å². The number of anilines is 2. The second-order valence-electron chi connectivity index (χ2n) is 6.07. The number of halogens is 1. The van der Waals surface area contributed by atoms with Gasteiger partial charge in [-0.1, -0.05) is 12.1 Å². The number of thioether (sulfide) groups is 1. The first-order valence-corrected chi connectivity index (χ1v) is 8.68. The zero-order chi connectivity index (χ0) is 15.7. The average molecular weight is 317 g/mol. The molecule has 1 aromatic heterocycles. The fraction of sp³-hybridized carbons (Fsp3) is 0.353. The number of hydrazine groups is 1. The van der Waals surface area contributed by atoms with E-state index in [1.54, 1.807) is 24.0 Å². The summed E-state index contributed by atoms with van der Waals surface area (Å²) < 4.78 is 14.5. The number of fused-ring (bicyclic) bond motifs is 1. The van der Waals surface area contributed by atoms with E-state index in [4.69, 9.17) is 0 Å². The number of rotatable bonds is 4. The van der Waals surface area contributed by atoms with Crippen molar-refractivity contribution < 1.29 is 4.39 Å². The van der Waals surface area contributed by atoms with Gasteiger partial charge in [-0.2, -0.15) is 11.8 Å². The summed E-state index contributed by atoms with van der Waals surface area (Å²) in [7, 11) is 0. The van der Waals surface area contributed by atoms with Crippen molar-refractivity contribution in [3.63, 3.8) is 0 Å². The van der Waals surface area contributed by atoms with Gasteiger partial charge in [0.1, 0.15) is 5.82 Å². The third-order valence-corrected chi connectivity index (χ3v) is 4.85. The summed E-state index contributed by atoms with van der Waals surface area (Å²) in [6.45, 7) is 4.96. The van der Waals surface area contributed by atoms with Crippen LogP contribution in [0.3, 0.4) is 0 Å². The molecule has 1 aromatic carbocycles. The van der Waals surface area contributed by atoms with E-state index in [1.807, 2.05) is 24.4 Å². The van der Waals surface area contributed by atoms with Crippen LogP contribution in [0.2, 0.25) is 0 Å². The summed E-state index contributed by atoms with van der Waals surface area (Å²) in [4.78, 5) is 4.21. The summed E-state index contributed by atoms with van der Waals surface area (Å²) in [5.41, 5.74) is 2.47. The predicted octanol–water partition coefficient (Wildman–Crippen LogP) is 4.10. The smallest absolute Gasteiger partial charge is 0.148 e. The molecule has 0 saturated heterocycles. The summed E-state index contributed by atoms with van der Waals surface area (Å²) >= 11 is 1.77. The lowest BCUT2D eigenvalue weighted by Crippen LogP contribution is -2.53. The minimum Gasteiger partial charge on any atom is -0.279 e. The molecule has 0 bridgehead atoms. The van der Waals surface area contributed by atoms with Gasteiger partial charge in [0.25, 0.3) is 0 Å². The number of para-hydroxylation sites is 1. The van der Waals surface area contributed by atoms with Gasteiger partial charge in [0.2, 0.25) is 0 Å².